The van der Waals surface area contributed by atoms with E-state index in [1.807, 2.05) is 13.8 Å². The number of nitrogens with one attached hydrogen (secondary N) is 1. The molecule has 1 atom stereocenters. The third-order valence-corrected chi connectivity index (χ3v) is 6.52. The highest BCUT2D eigenvalue weighted by atomic mass is 16.1. The van der Waals surface area contributed by atoms with Gasteiger partial charge in [0.05, 0.1) is 0 Å². The lowest BCUT2D eigenvalue weighted by atomic mass is 9.73. The van der Waals surface area contributed by atoms with Crippen LogP contribution in [0.5, 0.6) is 0 Å². The summed E-state index contributed by atoms with van der Waals surface area (Å²) in [5, 5.41) is 3.08. The van der Waals surface area contributed by atoms with Gasteiger partial charge in [0.1, 0.15) is 0 Å². The molecule has 0 aromatic heterocycles. The van der Waals surface area contributed by atoms with Gasteiger partial charge in [0.2, 0.25) is 5.91 Å². The molecule has 1 aromatic carbocycles. The minimum Gasteiger partial charge on any atom is -0.354 e. The van der Waals surface area contributed by atoms with E-state index in [1.54, 1.807) is 5.56 Å². The summed E-state index contributed by atoms with van der Waals surface area (Å²) in [6, 6.07) is 9.17. The first-order valence-corrected chi connectivity index (χ1v) is 10.2. The molecule has 3 aliphatic rings. The molecular formula is C22H32N2O. The van der Waals surface area contributed by atoms with Crippen molar-refractivity contribution in [3.8, 4) is 0 Å². The molecule has 1 saturated carbocycles. The van der Waals surface area contributed by atoms with Gasteiger partial charge in [0.15, 0.2) is 0 Å². The standard InChI is InChI=1S/C22H32N2O/c1-16(2)23-21(25)13-18-14-22(20-6-4-3-5-19(18)20)9-11-24(12-10-22)15-17-7-8-17/h3-6,16-18H,7-15H2,1-2H3,(H,23,25). The van der Waals surface area contributed by atoms with E-state index in [-0.39, 0.29) is 11.9 Å². The van der Waals surface area contributed by atoms with E-state index < -0.39 is 0 Å². The Balaban J connectivity index is 1.47. The van der Waals surface area contributed by atoms with Crippen molar-refractivity contribution in [1.82, 2.24) is 10.2 Å². The second-order valence-corrected chi connectivity index (χ2v) is 8.94. The summed E-state index contributed by atoms with van der Waals surface area (Å²) in [7, 11) is 0. The van der Waals surface area contributed by atoms with Crippen LogP contribution in [-0.4, -0.2) is 36.5 Å². The van der Waals surface area contributed by atoms with Crippen LogP contribution in [0.25, 0.3) is 0 Å². The quantitative estimate of drug-likeness (QED) is 0.883. The van der Waals surface area contributed by atoms with Crippen LogP contribution in [-0.2, 0) is 10.2 Å². The average molecular weight is 341 g/mol. The largest absolute Gasteiger partial charge is 0.354 e. The Morgan fingerprint density at radius 1 is 1.24 bits per heavy atom. The SMILES string of the molecule is CC(C)NC(=O)CC1CC2(CCN(CC3CC3)CC2)c2ccccc21. The van der Waals surface area contributed by atoms with Gasteiger partial charge in [0, 0.05) is 19.0 Å². The average Bonchev–Trinajstić information content (AvgIpc) is 3.35. The maximum absolute atomic E-state index is 12.4. The first-order chi connectivity index (χ1) is 12.1. The van der Waals surface area contributed by atoms with Crippen LogP contribution < -0.4 is 5.32 Å². The Kier molecular flexibility index (Phi) is 4.61. The van der Waals surface area contributed by atoms with Gasteiger partial charge in [-0.05, 0) is 87.4 Å². The number of piperidine rings is 1. The Morgan fingerprint density at radius 2 is 1.96 bits per heavy atom. The molecule has 2 fully saturated rings. The van der Waals surface area contributed by atoms with Gasteiger partial charge in [0.25, 0.3) is 0 Å². The van der Waals surface area contributed by atoms with Crippen LogP contribution in [0.2, 0.25) is 0 Å². The fraction of sp³-hybridized carbons (Fsp3) is 0.682. The minimum absolute atomic E-state index is 0.207. The van der Waals surface area contributed by atoms with E-state index in [0.717, 1.165) is 12.3 Å². The number of nitrogens with zero attached hydrogens (tertiary/aromatic N) is 1. The van der Waals surface area contributed by atoms with Crippen molar-refractivity contribution in [1.29, 1.82) is 0 Å². The Bertz CT molecular complexity index is 627. The number of benzene rings is 1. The summed E-state index contributed by atoms with van der Waals surface area (Å²) >= 11 is 0. The zero-order valence-corrected chi connectivity index (χ0v) is 15.8. The number of hydrogen-bond donors (Lipinski definition) is 1. The summed E-state index contributed by atoms with van der Waals surface area (Å²) < 4.78 is 0. The molecule has 1 saturated heterocycles. The summed E-state index contributed by atoms with van der Waals surface area (Å²) in [5.41, 5.74) is 3.31. The van der Waals surface area contributed by atoms with E-state index in [0.29, 0.717) is 17.8 Å². The minimum atomic E-state index is 0.207. The summed E-state index contributed by atoms with van der Waals surface area (Å²) in [5.74, 6) is 1.58. The second kappa shape index (κ2) is 6.75. The topological polar surface area (TPSA) is 32.3 Å². The smallest absolute Gasteiger partial charge is 0.220 e. The molecule has 1 aromatic rings. The van der Waals surface area contributed by atoms with Gasteiger partial charge in [-0.1, -0.05) is 24.3 Å². The van der Waals surface area contributed by atoms with Crippen LogP contribution in [0, 0.1) is 5.92 Å². The monoisotopic (exact) mass is 340 g/mol. The van der Waals surface area contributed by atoms with E-state index in [4.69, 9.17) is 0 Å². The predicted octanol–water partition coefficient (Wildman–Crippen LogP) is 3.83. The molecule has 0 radical (unpaired) electrons. The summed E-state index contributed by atoms with van der Waals surface area (Å²) in [4.78, 5) is 15.0. The van der Waals surface area contributed by atoms with Crippen LogP contribution >= 0.6 is 0 Å². The zero-order chi connectivity index (χ0) is 17.4. The van der Waals surface area contributed by atoms with Crippen LogP contribution in [0.4, 0.5) is 0 Å². The fourth-order valence-corrected chi connectivity index (χ4v) is 5.12. The van der Waals surface area contributed by atoms with Gasteiger partial charge in [-0.2, -0.15) is 0 Å². The molecule has 1 aliphatic heterocycles. The van der Waals surface area contributed by atoms with E-state index in [1.165, 1.54) is 50.9 Å². The Labute approximate surface area is 152 Å². The van der Waals surface area contributed by atoms with Crippen molar-refractivity contribution in [2.24, 2.45) is 5.92 Å². The molecule has 3 heteroatoms. The van der Waals surface area contributed by atoms with Crippen LogP contribution in [0.15, 0.2) is 24.3 Å². The highest BCUT2D eigenvalue weighted by Crippen LogP contribution is 2.52. The lowest BCUT2D eigenvalue weighted by Gasteiger charge is -2.40. The highest BCUT2D eigenvalue weighted by Gasteiger charge is 2.45. The van der Waals surface area contributed by atoms with Crippen LogP contribution in [0.3, 0.4) is 0 Å². The van der Waals surface area contributed by atoms with Crippen molar-refractivity contribution in [2.45, 2.75) is 69.7 Å². The third kappa shape index (κ3) is 3.62. The van der Waals surface area contributed by atoms with E-state index in [2.05, 4.69) is 34.5 Å². The molecule has 2 aliphatic carbocycles. The van der Waals surface area contributed by atoms with Gasteiger partial charge in [-0.3, -0.25) is 4.79 Å². The summed E-state index contributed by atoms with van der Waals surface area (Å²) in [6.45, 7) is 7.86. The molecular weight excluding hydrogens is 308 g/mol. The lowest BCUT2D eigenvalue weighted by molar-refractivity contribution is -0.122. The van der Waals surface area contributed by atoms with Gasteiger partial charge < -0.3 is 10.2 Å². The predicted molar refractivity (Wildman–Crippen MR) is 102 cm³/mol. The molecule has 3 nitrogen and oxygen atoms in total. The molecule has 4 rings (SSSR count). The first-order valence-electron chi connectivity index (χ1n) is 10.2. The molecule has 25 heavy (non-hydrogen) atoms. The van der Waals surface area contributed by atoms with E-state index in [9.17, 15) is 4.79 Å². The van der Waals surface area contributed by atoms with Crippen molar-refractivity contribution < 1.29 is 4.79 Å². The van der Waals surface area contributed by atoms with E-state index >= 15 is 0 Å². The number of carbonyl (C=O) groups is 1. The number of hydrogen-bond acceptors (Lipinski definition) is 2. The third-order valence-electron chi connectivity index (χ3n) is 6.52. The van der Waals surface area contributed by atoms with Gasteiger partial charge >= 0.3 is 0 Å². The molecule has 136 valence electrons. The second-order valence-electron chi connectivity index (χ2n) is 8.94. The molecule has 1 heterocycles. The number of rotatable bonds is 5. The van der Waals surface area contributed by atoms with Crippen molar-refractivity contribution in [2.75, 3.05) is 19.6 Å². The highest BCUT2D eigenvalue weighted by molar-refractivity contribution is 5.77. The normalized spacial score (nSPS) is 25.3. The Morgan fingerprint density at radius 3 is 2.64 bits per heavy atom. The number of carbonyl (C=O) groups excluding carboxylic acids is 1. The molecule has 1 N–H and O–H groups in total. The van der Waals surface area contributed by atoms with Crippen molar-refractivity contribution >= 4 is 5.91 Å². The van der Waals surface area contributed by atoms with Crippen molar-refractivity contribution in [3.05, 3.63) is 35.4 Å². The number of fused-ring (bicyclic) bond motifs is 2. The number of amides is 1. The molecule has 1 spiro atoms. The fourth-order valence-electron chi connectivity index (χ4n) is 5.12. The Hall–Kier alpha value is -1.35. The molecule has 1 amide bonds. The summed E-state index contributed by atoms with van der Waals surface area (Å²) in [6.07, 6.45) is 7.21. The van der Waals surface area contributed by atoms with Crippen LogP contribution in [0.1, 0.15) is 69.4 Å². The van der Waals surface area contributed by atoms with Gasteiger partial charge in [-0.15, -0.1) is 0 Å². The maximum Gasteiger partial charge on any atom is 0.220 e. The zero-order valence-electron chi connectivity index (χ0n) is 15.8. The molecule has 1 unspecified atom stereocenters. The molecule has 0 bridgehead atoms. The van der Waals surface area contributed by atoms with Gasteiger partial charge in [-0.25, -0.2) is 0 Å². The number of likely N-dealkylation sites (tertiary alicyclic amines) is 1. The lowest BCUT2D eigenvalue weighted by Crippen LogP contribution is -2.42. The first kappa shape index (κ1) is 17.1. The van der Waals surface area contributed by atoms with Crippen molar-refractivity contribution in [3.63, 3.8) is 0 Å². The maximum atomic E-state index is 12.4.